The first kappa shape index (κ1) is 29.5. The summed E-state index contributed by atoms with van der Waals surface area (Å²) in [6, 6.07) is 63.6. The second-order valence-electron chi connectivity index (χ2n) is 13.3. The molecule has 0 radical (unpaired) electrons. The molecule has 11 rings (SSSR count). The van der Waals surface area contributed by atoms with Crippen LogP contribution < -0.4 is 4.90 Å². The Hall–Kier alpha value is -6.20. The summed E-state index contributed by atoms with van der Waals surface area (Å²) in [6.45, 7) is 0. The van der Waals surface area contributed by atoms with E-state index in [1.807, 2.05) is 34.8 Å². The molecule has 244 valence electrons. The van der Waals surface area contributed by atoms with E-state index >= 15 is 0 Å². The molecule has 0 unspecified atom stereocenters. The number of para-hydroxylation sites is 3. The fraction of sp³-hybridized carbons (Fsp3) is 0. The highest BCUT2D eigenvalue weighted by molar-refractivity contribution is 7.27. The Morgan fingerprint density at radius 1 is 0.346 bits per heavy atom. The molecule has 0 saturated carbocycles. The van der Waals surface area contributed by atoms with Gasteiger partial charge in [0.2, 0.25) is 0 Å². The second-order valence-corrected chi connectivity index (χ2v) is 15.4. The van der Waals surface area contributed by atoms with Gasteiger partial charge in [-0.1, -0.05) is 103 Å². The van der Waals surface area contributed by atoms with Gasteiger partial charge in [-0.3, -0.25) is 0 Å². The number of furan rings is 1. The van der Waals surface area contributed by atoms with Crippen molar-refractivity contribution in [1.29, 1.82) is 0 Å². The van der Waals surface area contributed by atoms with Crippen LogP contribution in [0.15, 0.2) is 180 Å². The predicted octanol–water partition coefficient (Wildman–Crippen LogP) is 15.1. The van der Waals surface area contributed by atoms with E-state index in [9.17, 15) is 0 Å². The van der Waals surface area contributed by atoms with Crippen molar-refractivity contribution in [3.05, 3.63) is 176 Å². The van der Waals surface area contributed by atoms with Gasteiger partial charge in [-0.25, -0.2) is 0 Å². The Morgan fingerprint density at radius 2 is 0.885 bits per heavy atom. The normalized spacial score (nSPS) is 11.8. The van der Waals surface area contributed by atoms with Crippen molar-refractivity contribution in [2.75, 3.05) is 4.90 Å². The molecule has 0 saturated heterocycles. The van der Waals surface area contributed by atoms with Crippen LogP contribution in [-0.4, -0.2) is 0 Å². The van der Waals surface area contributed by atoms with Crippen LogP contribution in [0.3, 0.4) is 0 Å². The summed E-state index contributed by atoms with van der Waals surface area (Å²) in [7, 11) is 0. The van der Waals surface area contributed by atoms with Crippen molar-refractivity contribution in [3.8, 4) is 22.3 Å². The lowest BCUT2D eigenvalue weighted by atomic mass is 9.98. The molecule has 3 heterocycles. The lowest BCUT2D eigenvalue weighted by Gasteiger charge is -2.25. The predicted molar refractivity (Wildman–Crippen MR) is 225 cm³/mol. The van der Waals surface area contributed by atoms with Crippen molar-refractivity contribution in [2.24, 2.45) is 0 Å². The zero-order valence-corrected chi connectivity index (χ0v) is 29.5. The van der Waals surface area contributed by atoms with E-state index in [0.29, 0.717) is 0 Å². The number of fused-ring (bicyclic) bond motifs is 9. The zero-order valence-electron chi connectivity index (χ0n) is 27.9. The van der Waals surface area contributed by atoms with Crippen LogP contribution in [0.5, 0.6) is 0 Å². The molecule has 3 aromatic heterocycles. The molecule has 0 bridgehead atoms. The molecule has 0 N–H and O–H groups in total. The van der Waals surface area contributed by atoms with Crippen molar-refractivity contribution in [2.45, 2.75) is 0 Å². The summed E-state index contributed by atoms with van der Waals surface area (Å²) < 4.78 is 11.4. The first-order chi connectivity index (χ1) is 25.8. The highest BCUT2D eigenvalue weighted by atomic mass is 32.1. The van der Waals surface area contributed by atoms with Gasteiger partial charge in [-0.2, -0.15) is 0 Å². The van der Waals surface area contributed by atoms with E-state index in [0.717, 1.165) is 39.0 Å². The van der Waals surface area contributed by atoms with E-state index in [2.05, 4.69) is 169 Å². The van der Waals surface area contributed by atoms with Crippen molar-refractivity contribution >= 4 is 102 Å². The molecule has 0 spiro atoms. The number of anilines is 3. The van der Waals surface area contributed by atoms with Crippen LogP contribution in [0.25, 0.3) is 84.5 Å². The largest absolute Gasteiger partial charge is 0.456 e. The van der Waals surface area contributed by atoms with Gasteiger partial charge in [0, 0.05) is 68.2 Å². The van der Waals surface area contributed by atoms with Gasteiger partial charge in [0.05, 0.1) is 0 Å². The maximum absolute atomic E-state index is 6.15. The van der Waals surface area contributed by atoms with Crippen LogP contribution in [0.2, 0.25) is 0 Å². The Kier molecular flexibility index (Phi) is 6.63. The van der Waals surface area contributed by atoms with E-state index in [1.54, 1.807) is 0 Å². The lowest BCUT2D eigenvalue weighted by Crippen LogP contribution is -2.09. The molecule has 0 fully saturated rings. The molecule has 0 aliphatic rings. The van der Waals surface area contributed by atoms with Crippen LogP contribution >= 0.6 is 22.7 Å². The minimum Gasteiger partial charge on any atom is -0.456 e. The standard InChI is InChI=1S/C48H29NOS2/c1-3-11-32(12-4-1)49(33-13-5-2-6-14-33)34-23-26-46-42(29-34)41-28-31(22-25-45(41)51-46)36-17-10-19-39-38-18-9-16-35(47(38)52-48(36)39)30-21-24-44-40(27-30)37-15-7-8-20-43(37)50-44/h1-29H. The number of rotatable bonds is 5. The fourth-order valence-electron chi connectivity index (χ4n) is 7.84. The quantitative estimate of drug-likeness (QED) is 0.178. The molecule has 0 amide bonds. The Labute approximate surface area is 308 Å². The van der Waals surface area contributed by atoms with Gasteiger partial charge >= 0.3 is 0 Å². The smallest absolute Gasteiger partial charge is 0.135 e. The average Bonchev–Trinajstić information content (AvgIpc) is 3.89. The number of nitrogens with zero attached hydrogens (tertiary/aromatic N) is 1. The third-order valence-corrected chi connectivity index (χ3v) is 12.7. The molecule has 4 heteroatoms. The summed E-state index contributed by atoms with van der Waals surface area (Å²) in [5.41, 5.74) is 10.3. The molecule has 0 aliphatic carbocycles. The van der Waals surface area contributed by atoms with E-state index in [4.69, 9.17) is 4.42 Å². The Bertz CT molecular complexity index is 3090. The van der Waals surface area contributed by atoms with Gasteiger partial charge < -0.3 is 9.32 Å². The van der Waals surface area contributed by atoms with Gasteiger partial charge in [-0.05, 0) is 95.1 Å². The monoisotopic (exact) mass is 699 g/mol. The van der Waals surface area contributed by atoms with E-state index in [1.165, 1.54) is 62.6 Å². The van der Waals surface area contributed by atoms with Crippen LogP contribution in [0.1, 0.15) is 0 Å². The molecular weight excluding hydrogens is 671 g/mol. The van der Waals surface area contributed by atoms with E-state index < -0.39 is 0 Å². The molecular formula is C48H29NOS2. The van der Waals surface area contributed by atoms with Crippen LogP contribution in [0.4, 0.5) is 17.1 Å². The molecule has 8 aromatic carbocycles. The number of hydrogen-bond donors (Lipinski definition) is 0. The zero-order chi connectivity index (χ0) is 34.2. The third-order valence-electron chi connectivity index (χ3n) is 10.3. The average molecular weight is 700 g/mol. The topological polar surface area (TPSA) is 16.4 Å². The SMILES string of the molecule is c1ccc(N(c2ccccc2)c2ccc3sc4ccc(-c5cccc6c5sc5c(-c7ccc8oc9ccccc9c8c7)cccc56)cc4c3c2)cc1. The van der Waals surface area contributed by atoms with Gasteiger partial charge in [0.15, 0.2) is 0 Å². The van der Waals surface area contributed by atoms with Crippen LogP contribution in [-0.2, 0) is 0 Å². The Morgan fingerprint density at radius 3 is 1.58 bits per heavy atom. The first-order valence-electron chi connectivity index (χ1n) is 17.5. The minimum atomic E-state index is 0.923. The summed E-state index contributed by atoms with van der Waals surface area (Å²) in [5, 5.41) is 7.48. The molecule has 2 nitrogen and oxygen atoms in total. The number of thiophene rings is 2. The van der Waals surface area contributed by atoms with Crippen molar-refractivity contribution in [3.63, 3.8) is 0 Å². The minimum absolute atomic E-state index is 0.923. The molecule has 11 aromatic rings. The van der Waals surface area contributed by atoms with Crippen molar-refractivity contribution in [1.82, 2.24) is 0 Å². The van der Waals surface area contributed by atoms with E-state index in [-0.39, 0.29) is 0 Å². The highest BCUT2D eigenvalue weighted by Crippen LogP contribution is 2.46. The van der Waals surface area contributed by atoms with Crippen LogP contribution in [0, 0.1) is 0 Å². The second kappa shape index (κ2) is 11.7. The number of hydrogen-bond acceptors (Lipinski definition) is 4. The fourth-order valence-corrected chi connectivity index (χ4v) is 10.3. The molecule has 52 heavy (non-hydrogen) atoms. The van der Waals surface area contributed by atoms with Gasteiger partial charge in [0.25, 0.3) is 0 Å². The third kappa shape index (κ3) is 4.62. The summed E-state index contributed by atoms with van der Waals surface area (Å²) in [5.74, 6) is 0. The van der Waals surface area contributed by atoms with Gasteiger partial charge in [0.1, 0.15) is 11.2 Å². The van der Waals surface area contributed by atoms with Gasteiger partial charge in [-0.15, -0.1) is 22.7 Å². The molecule has 0 aliphatic heterocycles. The summed E-state index contributed by atoms with van der Waals surface area (Å²) in [4.78, 5) is 2.34. The Balaban J connectivity index is 1.06. The number of benzene rings is 8. The maximum Gasteiger partial charge on any atom is 0.135 e. The summed E-state index contributed by atoms with van der Waals surface area (Å²) in [6.07, 6.45) is 0. The highest BCUT2D eigenvalue weighted by Gasteiger charge is 2.18. The molecule has 0 atom stereocenters. The van der Waals surface area contributed by atoms with Crippen molar-refractivity contribution < 1.29 is 4.42 Å². The summed E-state index contributed by atoms with van der Waals surface area (Å²) >= 11 is 3.76. The first-order valence-corrected chi connectivity index (χ1v) is 19.1. The lowest BCUT2D eigenvalue weighted by molar-refractivity contribution is 0.669. The maximum atomic E-state index is 6.15.